The Morgan fingerprint density at radius 2 is 2.00 bits per heavy atom. The lowest BCUT2D eigenvalue weighted by molar-refractivity contribution is -0.276. The largest absolute Gasteiger partial charge is 0.574 e. The van der Waals surface area contributed by atoms with E-state index in [4.69, 9.17) is 5.73 Å². The van der Waals surface area contributed by atoms with E-state index in [1.165, 1.54) is 13.2 Å². The molecule has 0 aromatic carbocycles. The van der Waals surface area contributed by atoms with Gasteiger partial charge in [0.15, 0.2) is 0 Å². The average Bonchev–Trinajstić information content (AvgIpc) is 2.06. The van der Waals surface area contributed by atoms with Crippen molar-refractivity contribution in [2.45, 2.75) is 6.36 Å². The summed E-state index contributed by atoms with van der Waals surface area (Å²) in [5.41, 5.74) is 5.48. The number of ether oxygens (including phenoxy) is 2. The third-order valence-electron chi connectivity index (χ3n) is 1.28. The lowest BCUT2D eigenvalue weighted by Gasteiger charge is -2.09. The molecule has 0 atom stereocenters. The third-order valence-corrected chi connectivity index (χ3v) is 1.28. The Morgan fingerprint density at radius 1 is 1.36 bits per heavy atom. The van der Waals surface area contributed by atoms with Crippen LogP contribution in [0.1, 0.15) is 0 Å². The fraction of sp³-hybridized carbons (Fsp3) is 0.286. The number of nitrogen functional groups attached to an aromatic ring is 1. The minimum atomic E-state index is -4.77. The van der Waals surface area contributed by atoms with Crippen LogP contribution in [-0.4, -0.2) is 18.5 Å². The van der Waals surface area contributed by atoms with Crippen LogP contribution in [0.25, 0.3) is 0 Å². The van der Waals surface area contributed by atoms with Crippen LogP contribution < -0.4 is 15.2 Å². The van der Waals surface area contributed by atoms with E-state index in [-0.39, 0.29) is 11.6 Å². The first kappa shape index (κ1) is 10.4. The zero-order chi connectivity index (χ0) is 10.8. The molecule has 2 N–H and O–H groups in total. The van der Waals surface area contributed by atoms with Crippen molar-refractivity contribution in [3.8, 4) is 11.8 Å². The van der Waals surface area contributed by atoms with Gasteiger partial charge in [-0.1, -0.05) is 0 Å². The lowest BCUT2D eigenvalue weighted by atomic mass is 10.4. The molecular weight excluding hydrogens is 201 g/mol. The molecule has 1 aromatic rings. The summed E-state index contributed by atoms with van der Waals surface area (Å²) < 4.78 is 43.4. The van der Waals surface area contributed by atoms with E-state index in [9.17, 15) is 13.2 Å². The summed E-state index contributed by atoms with van der Waals surface area (Å²) in [5, 5.41) is 0. The number of aromatic nitrogens is 1. The molecule has 0 fully saturated rings. The molecule has 0 aliphatic heterocycles. The van der Waals surface area contributed by atoms with Crippen molar-refractivity contribution in [3.05, 3.63) is 12.1 Å². The fourth-order valence-corrected chi connectivity index (χ4v) is 0.773. The first-order valence-electron chi connectivity index (χ1n) is 3.48. The molecule has 0 radical (unpaired) electrons. The predicted molar refractivity (Wildman–Crippen MR) is 41.9 cm³/mol. The lowest BCUT2D eigenvalue weighted by Crippen LogP contribution is -2.18. The summed E-state index contributed by atoms with van der Waals surface area (Å²) >= 11 is 0. The molecule has 1 heterocycles. The molecule has 1 aromatic heterocycles. The fourth-order valence-electron chi connectivity index (χ4n) is 0.773. The highest BCUT2D eigenvalue weighted by atomic mass is 19.4. The summed E-state index contributed by atoms with van der Waals surface area (Å²) in [5.74, 6) is -0.713. The highest BCUT2D eigenvalue weighted by molar-refractivity contribution is 5.49. The summed E-state index contributed by atoms with van der Waals surface area (Å²) in [7, 11) is 1.25. The second-order valence-electron chi connectivity index (χ2n) is 2.30. The monoisotopic (exact) mass is 208 g/mol. The molecule has 4 nitrogen and oxygen atoms in total. The van der Waals surface area contributed by atoms with E-state index in [1.54, 1.807) is 0 Å². The summed E-state index contributed by atoms with van der Waals surface area (Å²) in [6.45, 7) is 0. The number of anilines is 1. The van der Waals surface area contributed by atoms with Crippen molar-refractivity contribution in [1.29, 1.82) is 0 Å². The number of hydrogen-bond donors (Lipinski definition) is 1. The molecule has 0 aliphatic rings. The quantitative estimate of drug-likeness (QED) is 0.801. The Morgan fingerprint density at radius 3 is 2.50 bits per heavy atom. The molecule has 0 spiro atoms. The van der Waals surface area contributed by atoms with Gasteiger partial charge in [0.2, 0.25) is 11.8 Å². The van der Waals surface area contributed by atoms with Crippen LogP contribution in [0.5, 0.6) is 11.8 Å². The van der Waals surface area contributed by atoms with Crippen LogP contribution in [0.3, 0.4) is 0 Å². The molecule has 0 aliphatic carbocycles. The Kier molecular flexibility index (Phi) is 2.68. The highest BCUT2D eigenvalue weighted by Crippen LogP contribution is 2.25. The second kappa shape index (κ2) is 3.60. The van der Waals surface area contributed by atoms with E-state index in [2.05, 4.69) is 14.5 Å². The van der Waals surface area contributed by atoms with Crippen LogP contribution in [0.4, 0.5) is 18.9 Å². The molecule has 0 amide bonds. The molecule has 0 saturated heterocycles. The van der Waals surface area contributed by atoms with E-state index >= 15 is 0 Å². The Hall–Kier alpha value is -1.66. The summed E-state index contributed by atoms with van der Waals surface area (Å²) in [6, 6.07) is 2.22. The summed E-state index contributed by atoms with van der Waals surface area (Å²) in [4.78, 5) is 3.39. The normalized spacial score (nSPS) is 11.1. The molecule has 7 heteroatoms. The Balaban J connectivity index is 2.90. The Bertz CT molecular complexity index is 327. The first-order chi connectivity index (χ1) is 6.42. The second-order valence-corrected chi connectivity index (χ2v) is 2.30. The number of rotatable bonds is 2. The Labute approximate surface area is 77.4 Å². The van der Waals surface area contributed by atoms with E-state index in [0.717, 1.165) is 6.07 Å². The van der Waals surface area contributed by atoms with E-state index in [0.29, 0.717) is 0 Å². The zero-order valence-electron chi connectivity index (χ0n) is 7.13. The van der Waals surface area contributed by atoms with Crippen molar-refractivity contribution in [2.75, 3.05) is 12.8 Å². The van der Waals surface area contributed by atoms with Crippen LogP contribution in [0.15, 0.2) is 12.1 Å². The standard InChI is InChI=1S/C7H7F3N2O2/c1-13-6-4(11)2-3-5(12-6)14-7(8,9)10/h2-3H,11H2,1H3. The predicted octanol–water partition coefficient (Wildman–Crippen LogP) is 1.57. The van der Waals surface area contributed by atoms with Gasteiger partial charge in [-0.15, -0.1) is 13.2 Å². The summed E-state index contributed by atoms with van der Waals surface area (Å²) in [6.07, 6.45) is -4.77. The van der Waals surface area contributed by atoms with Gasteiger partial charge in [0.25, 0.3) is 0 Å². The molecule has 0 unspecified atom stereocenters. The number of methoxy groups -OCH3 is 1. The van der Waals surface area contributed by atoms with Gasteiger partial charge < -0.3 is 15.2 Å². The molecule has 0 saturated carbocycles. The van der Waals surface area contributed by atoms with Crippen LogP contribution in [0.2, 0.25) is 0 Å². The number of halogens is 3. The molecular formula is C7H7F3N2O2. The van der Waals surface area contributed by atoms with Gasteiger partial charge >= 0.3 is 6.36 Å². The average molecular weight is 208 g/mol. The minimum Gasteiger partial charge on any atom is -0.479 e. The van der Waals surface area contributed by atoms with E-state index < -0.39 is 12.2 Å². The van der Waals surface area contributed by atoms with Gasteiger partial charge in [0.1, 0.15) is 0 Å². The van der Waals surface area contributed by atoms with Crippen molar-refractivity contribution < 1.29 is 22.6 Å². The number of nitrogens with zero attached hydrogens (tertiary/aromatic N) is 1. The molecule has 0 bridgehead atoms. The van der Waals surface area contributed by atoms with Crippen molar-refractivity contribution in [3.63, 3.8) is 0 Å². The van der Waals surface area contributed by atoms with Gasteiger partial charge in [-0.25, -0.2) is 0 Å². The number of hydrogen-bond acceptors (Lipinski definition) is 4. The highest BCUT2D eigenvalue weighted by Gasteiger charge is 2.32. The van der Waals surface area contributed by atoms with E-state index in [1.807, 2.05) is 0 Å². The topological polar surface area (TPSA) is 57.4 Å². The van der Waals surface area contributed by atoms with Gasteiger partial charge in [-0.3, -0.25) is 0 Å². The SMILES string of the molecule is COc1nc(OC(F)(F)F)ccc1N. The van der Waals surface area contributed by atoms with Gasteiger partial charge in [0.05, 0.1) is 12.8 Å². The smallest absolute Gasteiger partial charge is 0.479 e. The number of nitrogens with two attached hydrogens (primary N) is 1. The maximum atomic E-state index is 11.7. The van der Waals surface area contributed by atoms with Crippen LogP contribution in [0, 0.1) is 0 Å². The van der Waals surface area contributed by atoms with Gasteiger partial charge in [-0.05, 0) is 6.07 Å². The molecule has 1 rings (SSSR count). The number of alkyl halides is 3. The maximum Gasteiger partial charge on any atom is 0.574 e. The van der Waals surface area contributed by atoms with Gasteiger partial charge in [0, 0.05) is 6.07 Å². The van der Waals surface area contributed by atoms with Crippen molar-refractivity contribution in [1.82, 2.24) is 4.98 Å². The maximum absolute atomic E-state index is 11.7. The number of pyridine rings is 1. The first-order valence-corrected chi connectivity index (χ1v) is 3.48. The van der Waals surface area contributed by atoms with Gasteiger partial charge in [-0.2, -0.15) is 4.98 Å². The zero-order valence-corrected chi connectivity index (χ0v) is 7.13. The minimum absolute atomic E-state index is 0.105. The molecule has 78 valence electrons. The third kappa shape index (κ3) is 2.68. The van der Waals surface area contributed by atoms with Crippen LogP contribution >= 0.6 is 0 Å². The molecule has 14 heavy (non-hydrogen) atoms. The van der Waals surface area contributed by atoms with Crippen molar-refractivity contribution >= 4 is 5.69 Å². The van der Waals surface area contributed by atoms with Crippen molar-refractivity contribution in [2.24, 2.45) is 0 Å². The van der Waals surface area contributed by atoms with Crippen LogP contribution in [-0.2, 0) is 0 Å².